The highest BCUT2D eigenvalue weighted by Crippen LogP contribution is 2.39. The van der Waals surface area contributed by atoms with E-state index in [0.717, 1.165) is 17.6 Å². The van der Waals surface area contributed by atoms with E-state index in [2.05, 4.69) is 20.9 Å². The second-order valence-corrected chi connectivity index (χ2v) is 4.11. The average molecular weight is 271 g/mol. The minimum atomic E-state index is 0.147. The summed E-state index contributed by atoms with van der Waals surface area (Å²) < 4.78 is 5.94. The van der Waals surface area contributed by atoms with Crippen molar-refractivity contribution in [2.24, 2.45) is 4.99 Å². The van der Waals surface area contributed by atoms with Crippen molar-refractivity contribution < 1.29 is 9.84 Å². The van der Waals surface area contributed by atoms with Gasteiger partial charge in [-0.15, -0.1) is 0 Å². The van der Waals surface area contributed by atoms with Gasteiger partial charge in [-0.05, 0) is 12.1 Å². The van der Waals surface area contributed by atoms with E-state index < -0.39 is 0 Å². The molecule has 0 radical (unpaired) electrons. The van der Waals surface area contributed by atoms with Gasteiger partial charge in [-0.2, -0.15) is 0 Å². The third-order valence-corrected chi connectivity index (χ3v) is 2.70. The van der Waals surface area contributed by atoms with Crippen LogP contribution in [0.3, 0.4) is 0 Å². The van der Waals surface area contributed by atoms with Crippen molar-refractivity contribution in [3.8, 4) is 11.5 Å². The molecule has 0 atom stereocenters. The normalized spacial score (nSPS) is 14.7. The Balaban J connectivity index is 2.45. The van der Waals surface area contributed by atoms with Gasteiger partial charge in [0.05, 0.1) is 25.7 Å². The van der Waals surface area contributed by atoms with E-state index in [9.17, 15) is 5.11 Å². The molecule has 1 aromatic carbocycles. The maximum Gasteiger partial charge on any atom is 0.182 e. The van der Waals surface area contributed by atoms with Gasteiger partial charge >= 0.3 is 0 Å². The Morgan fingerprint density at radius 1 is 1.53 bits per heavy atom. The van der Waals surface area contributed by atoms with Crippen molar-refractivity contribution in [3.05, 3.63) is 16.6 Å². The number of phenols is 1. The van der Waals surface area contributed by atoms with Crippen LogP contribution in [-0.4, -0.2) is 31.6 Å². The maximum absolute atomic E-state index is 9.92. The van der Waals surface area contributed by atoms with Crippen LogP contribution in [0.4, 0.5) is 5.69 Å². The number of nitrogens with zero attached hydrogens (tertiary/aromatic N) is 2. The van der Waals surface area contributed by atoms with Crippen molar-refractivity contribution in [1.29, 1.82) is 0 Å². The topological polar surface area (TPSA) is 45.1 Å². The van der Waals surface area contributed by atoms with Crippen LogP contribution < -0.4 is 9.64 Å². The number of aromatic hydroxyl groups is 1. The van der Waals surface area contributed by atoms with Crippen molar-refractivity contribution >= 4 is 28.0 Å². The molecule has 0 aromatic heterocycles. The summed E-state index contributed by atoms with van der Waals surface area (Å²) in [5.41, 5.74) is 0.711. The molecule has 80 valence electrons. The molecule has 0 amide bonds. The molecule has 15 heavy (non-hydrogen) atoms. The minimum Gasteiger partial charge on any atom is -0.503 e. The summed E-state index contributed by atoms with van der Waals surface area (Å²) in [5.74, 6) is 0.605. The van der Waals surface area contributed by atoms with E-state index in [1.807, 2.05) is 11.0 Å². The number of methoxy groups -OCH3 is 1. The third kappa shape index (κ3) is 1.92. The fourth-order valence-corrected chi connectivity index (χ4v) is 1.92. The quantitative estimate of drug-likeness (QED) is 0.894. The molecule has 1 aliphatic rings. The van der Waals surface area contributed by atoms with Crippen LogP contribution in [0.15, 0.2) is 21.6 Å². The molecule has 0 saturated carbocycles. The number of aliphatic imine (C=N–C) groups is 1. The highest BCUT2D eigenvalue weighted by Gasteiger charge is 2.16. The number of halogens is 1. The van der Waals surface area contributed by atoms with Gasteiger partial charge in [-0.25, -0.2) is 0 Å². The number of hydrogen-bond donors (Lipinski definition) is 1. The smallest absolute Gasteiger partial charge is 0.182 e. The largest absolute Gasteiger partial charge is 0.503 e. The molecule has 1 N–H and O–H groups in total. The van der Waals surface area contributed by atoms with E-state index >= 15 is 0 Å². The Hall–Kier alpha value is -1.23. The molecular formula is C10H11BrN2O2. The zero-order valence-electron chi connectivity index (χ0n) is 8.27. The molecule has 4 nitrogen and oxygen atoms in total. The summed E-state index contributed by atoms with van der Waals surface area (Å²) in [6.45, 7) is 1.54. The number of ether oxygens (including phenoxy) is 1. The monoisotopic (exact) mass is 270 g/mol. The third-order valence-electron chi connectivity index (χ3n) is 2.24. The lowest BCUT2D eigenvalue weighted by Crippen LogP contribution is -2.18. The molecule has 0 spiro atoms. The van der Waals surface area contributed by atoms with Crippen molar-refractivity contribution in [3.63, 3.8) is 0 Å². The minimum absolute atomic E-state index is 0.147. The predicted molar refractivity (Wildman–Crippen MR) is 63.1 cm³/mol. The summed E-state index contributed by atoms with van der Waals surface area (Å²) in [6.07, 6.45) is 1.72. The van der Waals surface area contributed by atoms with Crippen molar-refractivity contribution in [2.75, 3.05) is 25.1 Å². The van der Waals surface area contributed by atoms with Crippen LogP contribution in [0.5, 0.6) is 11.5 Å². The first kappa shape index (κ1) is 10.3. The lowest BCUT2D eigenvalue weighted by atomic mass is 10.2. The maximum atomic E-state index is 9.92. The predicted octanol–water partition coefficient (Wildman–Crippen LogP) is 2.01. The Kier molecular flexibility index (Phi) is 2.81. The van der Waals surface area contributed by atoms with Gasteiger partial charge in [0.1, 0.15) is 0 Å². The Bertz CT molecular complexity index is 407. The molecule has 0 aliphatic carbocycles. The van der Waals surface area contributed by atoms with Crippen LogP contribution in [0.1, 0.15) is 0 Å². The van der Waals surface area contributed by atoms with Gasteiger partial charge in [0.2, 0.25) is 0 Å². The standard InChI is InChI=1S/C10H11BrN2O2/c1-15-9-5-7(11)4-8(10(9)14)13-3-2-12-6-13/h4-6,14H,2-3H2,1H3. The second kappa shape index (κ2) is 4.10. The Morgan fingerprint density at radius 3 is 2.93 bits per heavy atom. The average Bonchev–Trinajstić information content (AvgIpc) is 2.74. The number of phenolic OH excluding ortho intramolecular Hbond substituents is 1. The summed E-state index contributed by atoms with van der Waals surface area (Å²) in [6, 6.07) is 3.57. The molecule has 2 rings (SSSR count). The van der Waals surface area contributed by atoms with Gasteiger partial charge in [0.15, 0.2) is 11.5 Å². The fourth-order valence-electron chi connectivity index (χ4n) is 1.50. The lowest BCUT2D eigenvalue weighted by molar-refractivity contribution is 0.374. The summed E-state index contributed by atoms with van der Waals surface area (Å²) in [7, 11) is 1.53. The number of benzene rings is 1. The van der Waals surface area contributed by atoms with Crippen LogP contribution in [0.25, 0.3) is 0 Å². The zero-order chi connectivity index (χ0) is 10.8. The van der Waals surface area contributed by atoms with Crippen LogP contribution >= 0.6 is 15.9 Å². The van der Waals surface area contributed by atoms with E-state index in [1.165, 1.54) is 7.11 Å². The molecule has 0 bridgehead atoms. The summed E-state index contributed by atoms with van der Waals surface area (Å²) >= 11 is 3.37. The van der Waals surface area contributed by atoms with E-state index in [-0.39, 0.29) is 5.75 Å². The Morgan fingerprint density at radius 2 is 2.33 bits per heavy atom. The number of anilines is 1. The zero-order valence-corrected chi connectivity index (χ0v) is 9.86. The molecule has 5 heteroatoms. The second-order valence-electron chi connectivity index (χ2n) is 3.19. The molecule has 0 fully saturated rings. The van der Waals surface area contributed by atoms with E-state index in [1.54, 1.807) is 12.4 Å². The van der Waals surface area contributed by atoms with Crippen molar-refractivity contribution in [1.82, 2.24) is 0 Å². The van der Waals surface area contributed by atoms with Gasteiger partial charge in [0.25, 0.3) is 0 Å². The number of hydrogen-bond acceptors (Lipinski definition) is 4. The van der Waals surface area contributed by atoms with Crippen LogP contribution in [0, 0.1) is 0 Å². The first-order chi connectivity index (χ1) is 7.22. The van der Waals surface area contributed by atoms with Crippen LogP contribution in [-0.2, 0) is 0 Å². The Labute approximate surface area is 96.3 Å². The first-order valence-corrected chi connectivity index (χ1v) is 5.35. The lowest BCUT2D eigenvalue weighted by Gasteiger charge is -2.17. The molecule has 1 heterocycles. The van der Waals surface area contributed by atoms with Crippen molar-refractivity contribution in [2.45, 2.75) is 0 Å². The molecular weight excluding hydrogens is 260 g/mol. The molecule has 1 aromatic rings. The fraction of sp³-hybridized carbons (Fsp3) is 0.300. The van der Waals surface area contributed by atoms with Gasteiger partial charge in [-0.3, -0.25) is 4.99 Å². The van der Waals surface area contributed by atoms with E-state index in [4.69, 9.17) is 4.74 Å². The molecule has 0 saturated heterocycles. The van der Waals surface area contributed by atoms with Gasteiger partial charge in [-0.1, -0.05) is 15.9 Å². The highest BCUT2D eigenvalue weighted by atomic mass is 79.9. The first-order valence-electron chi connectivity index (χ1n) is 4.55. The summed E-state index contributed by atoms with van der Waals surface area (Å²) in [4.78, 5) is 5.99. The molecule has 1 aliphatic heterocycles. The van der Waals surface area contributed by atoms with Gasteiger partial charge < -0.3 is 14.7 Å². The van der Waals surface area contributed by atoms with E-state index in [0.29, 0.717) is 11.4 Å². The summed E-state index contributed by atoms with van der Waals surface area (Å²) in [5, 5.41) is 9.92. The molecule has 0 unspecified atom stereocenters. The SMILES string of the molecule is COc1cc(Br)cc(N2C=NCC2)c1O. The van der Waals surface area contributed by atoms with Crippen LogP contribution in [0.2, 0.25) is 0 Å². The number of rotatable bonds is 2. The highest BCUT2D eigenvalue weighted by molar-refractivity contribution is 9.10. The van der Waals surface area contributed by atoms with Gasteiger partial charge in [0, 0.05) is 11.0 Å².